The zero-order valence-electron chi connectivity index (χ0n) is 22.6. The van der Waals surface area contributed by atoms with Crippen molar-refractivity contribution in [3.8, 4) is 17.3 Å². The van der Waals surface area contributed by atoms with Crippen molar-refractivity contribution in [1.29, 1.82) is 5.26 Å². The van der Waals surface area contributed by atoms with E-state index in [1.54, 1.807) is 17.1 Å². The van der Waals surface area contributed by atoms with Crippen LogP contribution in [0.4, 0.5) is 17.6 Å². The minimum Gasteiger partial charge on any atom is -0.338 e. The Morgan fingerprint density at radius 2 is 1.90 bits per heavy atom. The van der Waals surface area contributed by atoms with Gasteiger partial charge in [0.15, 0.2) is 17.2 Å². The standard InChI is InChI=1S/C27H26F4N10O/c1-2-40-24-20(12-36-40)22(34-16-35-24)17-11-37-41(13-17)26(6-7-32)14-39(15-26)18-4-9-38(10-5-18)25(42)19-3-8-33-23(21(19)28)27(29,30)31/h3,8,11-13,16,18H,2,4-6,9-10,14-15H2,1H3. The number of hydrogen-bond acceptors (Lipinski definition) is 8. The maximum Gasteiger partial charge on any atom is 0.436 e. The van der Waals surface area contributed by atoms with Gasteiger partial charge in [0, 0.05) is 56.7 Å². The van der Waals surface area contributed by atoms with Crippen molar-refractivity contribution in [2.75, 3.05) is 26.2 Å². The highest BCUT2D eigenvalue weighted by molar-refractivity contribution is 5.94. The summed E-state index contributed by atoms with van der Waals surface area (Å²) in [6.07, 6.45) is 4.03. The van der Waals surface area contributed by atoms with Crippen LogP contribution in [0.15, 0.2) is 37.2 Å². The molecule has 2 aliphatic rings. The average Bonchev–Trinajstić information content (AvgIpc) is 3.62. The van der Waals surface area contributed by atoms with Crippen LogP contribution < -0.4 is 0 Å². The lowest BCUT2D eigenvalue weighted by atomic mass is 9.83. The van der Waals surface area contributed by atoms with E-state index in [0.717, 1.165) is 28.9 Å². The van der Waals surface area contributed by atoms with Crippen molar-refractivity contribution in [2.24, 2.45) is 0 Å². The molecule has 2 saturated heterocycles. The monoisotopic (exact) mass is 582 g/mol. The molecule has 218 valence electrons. The fraction of sp³-hybridized carbons (Fsp3) is 0.444. The summed E-state index contributed by atoms with van der Waals surface area (Å²) in [5.41, 5.74) is -0.635. The van der Waals surface area contributed by atoms with Crippen molar-refractivity contribution in [3.05, 3.63) is 54.3 Å². The number of fused-ring (bicyclic) bond motifs is 1. The van der Waals surface area contributed by atoms with Crippen LogP contribution in [0.3, 0.4) is 0 Å². The number of carbonyl (C=O) groups excluding carboxylic acids is 1. The van der Waals surface area contributed by atoms with Crippen LogP contribution in [0.25, 0.3) is 22.3 Å². The van der Waals surface area contributed by atoms with Gasteiger partial charge in [0.05, 0.1) is 41.5 Å². The number of pyridine rings is 1. The van der Waals surface area contributed by atoms with E-state index in [-0.39, 0.29) is 25.6 Å². The van der Waals surface area contributed by atoms with E-state index in [2.05, 4.69) is 36.1 Å². The summed E-state index contributed by atoms with van der Waals surface area (Å²) in [7, 11) is 0. The quantitative estimate of drug-likeness (QED) is 0.317. The summed E-state index contributed by atoms with van der Waals surface area (Å²) >= 11 is 0. The zero-order chi connectivity index (χ0) is 29.6. The largest absolute Gasteiger partial charge is 0.436 e. The molecule has 0 spiro atoms. The first kappa shape index (κ1) is 27.7. The van der Waals surface area contributed by atoms with Gasteiger partial charge in [-0.25, -0.2) is 24.0 Å². The molecule has 15 heteroatoms. The number of halogens is 4. The van der Waals surface area contributed by atoms with Gasteiger partial charge in [-0.1, -0.05) is 0 Å². The highest BCUT2D eigenvalue weighted by atomic mass is 19.4. The normalized spacial score (nSPS) is 17.8. The van der Waals surface area contributed by atoms with Crippen LogP contribution in [0, 0.1) is 17.1 Å². The van der Waals surface area contributed by atoms with Crippen LogP contribution in [0.1, 0.15) is 42.2 Å². The van der Waals surface area contributed by atoms with E-state index in [0.29, 0.717) is 38.2 Å². The molecule has 2 aliphatic heterocycles. The summed E-state index contributed by atoms with van der Waals surface area (Å²) in [5.74, 6) is -2.43. The first-order valence-electron chi connectivity index (χ1n) is 13.5. The van der Waals surface area contributed by atoms with Crippen molar-refractivity contribution >= 4 is 16.9 Å². The average molecular weight is 583 g/mol. The van der Waals surface area contributed by atoms with Crippen LogP contribution in [0.2, 0.25) is 0 Å². The predicted octanol–water partition coefficient (Wildman–Crippen LogP) is 3.49. The number of carbonyl (C=O) groups is 1. The van der Waals surface area contributed by atoms with Gasteiger partial charge in [0.2, 0.25) is 0 Å². The van der Waals surface area contributed by atoms with Crippen molar-refractivity contribution < 1.29 is 22.4 Å². The van der Waals surface area contributed by atoms with Gasteiger partial charge in [0.1, 0.15) is 11.9 Å². The molecule has 0 N–H and O–H groups in total. The Hall–Kier alpha value is -4.45. The molecule has 4 aromatic heterocycles. The van der Waals surface area contributed by atoms with E-state index < -0.39 is 34.7 Å². The van der Waals surface area contributed by atoms with Crippen molar-refractivity contribution in [3.63, 3.8) is 0 Å². The van der Waals surface area contributed by atoms with E-state index in [9.17, 15) is 27.6 Å². The summed E-state index contributed by atoms with van der Waals surface area (Å²) in [5, 5.41) is 19.4. The summed E-state index contributed by atoms with van der Waals surface area (Å²) in [6, 6.07) is 3.36. The summed E-state index contributed by atoms with van der Waals surface area (Å²) in [4.78, 5) is 28.3. The van der Waals surface area contributed by atoms with E-state index >= 15 is 0 Å². The number of aryl methyl sites for hydroxylation is 1. The number of nitriles is 1. The summed E-state index contributed by atoms with van der Waals surface area (Å²) in [6.45, 7) is 4.34. The van der Waals surface area contributed by atoms with Gasteiger partial charge in [0.25, 0.3) is 5.91 Å². The molecular formula is C27H26F4N10O. The minimum atomic E-state index is -4.99. The lowest BCUT2D eigenvalue weighted by Gasteiger charge is -2.53. The van der Waals surface area contributed by atoms with E-state index in [1.165, 1.54) is 11.2 Å². The molecular weight excluding hydrogens is 556 g/mol. The van der Waals surface area contributed by atoms with E-state index in [1.807, 2.05) is 17.8 Å². The molecule has 0 atom stereocenters. The van der Waals surface area contributed by atoms with Crippen molar-refractivity contribution in [2.45, 2.75) is 50.5 Å². The second-order valence-corrected chi connectivity index (χ2v) is 10.6. The highest BCUT2D eigenvalue weighted by Gasteiger charge is 2.48. The molecule has 0 aliphatic carbocycles. The third kappa shape index (κ3) is 4.65. The number of aromatic nitrogens is 7. The Kier molecular flexibility index (Phi) is 6.88. The second-order valence-electron chi connectivity index (χ2n) is 10.6. The van der Waals surface area contributed by atoms with Gasteiger partial charge in [-0.3, -0.25) is 14.4 Å². The number of rotatable bonds is 6. The van der Waals surface area contributed by atoms with Crippen LogP contribution in [-0.4, -0.2) is 82.4 Å². The zero-order valence-corrected chi connectivity index (χ0v) is 22.6. The molecule has 2 fully saturated rings. The fourth-order valence-corrected chi connectivity index (χ4v) is 5.92. The Morgan fingerprint density at radius 3 is 2.60 bits per heavy atom. The Bertz CT molecular complexity index is 1680. The molecule has 6 heterocycles. The van der Waals surface area contributed by atoms with Crippen LogP contribution >= 0.6 is 0 Å². The lowest BCUT2D eigenvalue weighted by Crippen LogP contribution is -2.66. The van der Waals surface area contributed by atoms with E-state index in [4.69, 9.17) is 0 Å². The smallest absolute Gasteiger partial charge is 0.338 e. The number of nitrogens with zero attached hydrogens (tertiary/aromatic N) is 10. The van der Waals surface area contributed by atoms with Gasteiger partial charge < -0.3 is 4.90 Å². The number of alkyl halides is 3. The number of piperidine rings is 1. The lowest BCUT2D eigenvalue weighted by molar-refractivity contribution is -0.143. The molecule has 0 saturated carbocycles. The Labute approximate surface area is 237 Å². The third-order valence-electron chi connectivity index (χ3n) is 8.13. The number of hydrogen-bond donors (Lipinski definition) is 0. The number of likely N-dealkylation sites (tertiary alicyclic amines) is 2. The van der Waals surface area contributed by atoms with Gasteiger partial charge in [-0.05, 0) is 25.8 Å². The molecule has 6 rings (SSSR count). The van der Waals surface area contributed by atoms with Crippen LogP contribution in [-0.2, 0) is 18.3 Å². The maximum atomic E-state index is 14.5. The first-order chi connectivity index (χ1) is 20.1. The fourth-order valence-electron chi connectivity index (χ4n) is 5.92. The molecule has 0 unspecified atom stereocenters. The second kappa shape index (κ2) is 10.4. The Balaban J connectivity index is 1.13. The van der Waals surface area contributed by atoms with Crippen molar-refractivity contribution in [1.82, 2.24) is 44.3 Å². The summed E-state index contributed by atoms with van der Waals surface area (Å²) < 4.78 is 57.3. The van der Waals surface area contributed by atoms with Gasteiger partial charge in [-0.15, -0.1) is 0 Å². The Morgan fingerprint density at radius 1 is 1.14 bits per heavy atom. The minimum absolute atomic E-state index is 0.102. The molecule has 0 bridgehead atoms. The molecule has 0 radical (unpaired) electrons. The molecule has 0 aromatic carbocycles. The maximum absolute atomic E-state index is 14.5. The topological polar surface area (TPSA) is 122 Å². The molecule has 42 heavy (non-hydrogen) atoms. The van der Waals surface area contributed by atoms with Gasteiger partial charge in [-0.2, -0.15) is 28.6 Å². The first-order valence-corrected chi connectivity index (χ1v) is 13.5. The molecule has 11 nitrogen and oxygen atoms in total. The molecule has 4 aromatic rings. The molecule has 1 amide bonds. The van der Waals surface area contributed by atoms with Crippen LogP contribution in [0.5, 0.6) is 0 Å². The van der Waals surface area contributed by atoms with Gasteiger partial charge >= 0.3 is 6.18 Å². The highest BCUT2D eigenvalue weighted by Crippen LogP contribution is 2.37. The SMILES string of the molecule is CCn1ncc2c(-c3cnn(C4(CC#N)CN(C5CCN(C(=O)c6ccnc(C(F)(F)F)c6F)CC5)C4)c3)ncnc21. The number of amides is 1. The third-order valence-corrected chi connectivity index (χ3v) is 8.13. The predicted molar refractivity (Wildman–Crippen MR) is 140 cm³/mol.